The summed E-state index contributed by atoms with van der Waals surface area (Å²) in [4.78, 5) is 6.83. The van der Waals surface area contributed by atoms with E-state index in [1.54, 1.807) is 0 Å². The van der Waals surface area contributed by atoms with Crippen molar-refractivity contribution in [3.8, 4) is 5.75 Å². The predicted octanol–water partition coefficient (Wildman–Crippen LogP) is 2.73. The number of halogens is 1. The smallest absolute Gasteiger partial charge is 0.191 e. The molecule has 1 saturated heterocycles. The first kappa shape index (κ1) is 23.2. The largest absolute Gasteiger partial charge is 0.493 e. The molecule has 1 atom stereocenters. The number of hydrogen-bond donors (Lipinski definition) is 2. The number of para-hydroxylation sites is 1. The van der Waals surface area contributed by atoms with Crippen LogP contribution < -0.4 is 15.4 Å². The molecule has 1 unspecified atom stereocenters. The number of benzene rings is 1. The van der Waals surface area contributed by atoms with Crippen LogP contribution in [0.1, 0.15) is 25.3 Å². The molecule has 2 N–H and O–H groups in total. The minimum atomic E-state index is 0. The zero-order valence-electron chi connectivity index (χ0n) is 17.2. The Hall–Kier alpha value is -1.06. The van der Waals surface area contributed by atoms with Crippen LogP contribution in [0.15, 0.2) is 29.3 Å². The lowest BCUT2D eigenvalue weighted by Gasteiger charge is -2.29. The van der Waals surface area contributed by atoms with E-state index in [-0.39, 0.29) is 24.0 Å². The summed E-state index contributed by atoms with van der Waals surface area (Å²) in [6, 6.07) is 8.26. The van der Waals surface area contributed by atoms with Crippen molar-refractivity contribution in [3.63, 3.8) is 0 Å². The lowest BCUT2D eigenvalue weighted by atomic mass is 10.1. The number of nitrogens with one attached hydrogen (secondary N) is 2. The number of morpholine rings is 1. The molecule has 2 fully saturated rings. The van der Waals surface area contributed by atoms with E-state index in [0.29, 0.717) is 12.5 Å². The molecule has 0 radical (unpaired) electrons. The highest BCUT2D eigenvalue weighted by atomic mass is 127. The van der Waals surface area contributed by atoms with Crippen molar-refractivity contribution in [1.29, 1.82) is 0 Å². The molecule has 1 aliphatic carbocycles. The number of ether oxygens (including phenoxy) is 2. The molecule has 1 saturated carbocycles. The summed E-state index contributed by atoms with van der Waals surface area (Å²) in [6.45, 7) is 9.58. The van der Waals surface area contributed by atoms with Crippen LogP contribution in [0.5, 0.6) is 5.75 Å². The average Bonchev–Trinajstić information content (AvgIpc) is 3.52. The minimum Gasteiger partial charge on any atom is -0.493 e. The fourth-order valence-corrected chi connectivity index (χ4v) is 3.24. The van der Waals surface area contributed by atoms with Gasteiger partial charge in [-0.25, -0.2) is 0 Å². The van der Waals surface area contributed by atoms with Crippen molar-refractivity contribution in [2.75, 3.05) is 53.0 Å². The molecule has 1 heterocycles. The van der Waals surface area contributed by atoms with Gasteiger partial charge < -0.3 is 20.1 Å². The number of aliphatic imine (C=N–C) groups is 1. The Labute approximate surface area is 186 Å². The van der Waals surface area contributed by atoms with Gasteiger partial charge in [-0.15, -0.1) is 24.0 Å². The highest BCUT2D eigenvalue weighted by molar-refractivity contribution is 14.0. The van der Waals surface area contributed by atoms with E-state index in [1.807, 2.05) is 13.1 Å². The number of rotatable bonds is 9. The van der Waals surface area contributed by atoms with E-state index >= 15 is 0 Å². The Morgan fingerprint density at radius 3 is 2.71 bits per heavy atom. The maximum Gasteiger partial charge on any atom is 0.191 e. The van der Waals surface area contributed by atoms with Gasteiger partial charge in [0.1, 0.15) is 5.75 Å². The van der Waals surface area contributed by atoms with Crippen molar-refractivity contribution in [1.82, 2.24) is 15.5 Å². The van der Waals surface area contributed by atoms with Gasteiger partial charge in [-0.3, -0.25) is 9.89 Å². The molecule has 3 rings (SSSR count). The fraction of sp³-hybridized carbons (Fsp3) is 0.667. The molecule has 0 bridgehead atoms. The molecule has 0 spiro atoms. The highest BCUT2D eigenvalue weighted by Gasteiger charge is 2.22. The number of guanidine groups is 1. The van der Waals surface area contributed by atoms with Crippen LogP contribution in [0, 0.1) is 11.8 Å². The molecule has 1 aromatic rings. The van der Waals surface area contributed by atoms with Crippen molar-refractivity contribution in [3.05, 3.63) is 29.8 Å². The molecule has 0 amide bonds. The second-order valence-corrected chi connectivity index (χ2v) is 7.69. The van der Waals surface area contributed by atoms with E-state index in [4.69, 9.17) is 9.47 Å². The third-order valence-electron chi connectivity index (χ3n) is 5.11. The van der Waals surface area contributed by atoms with Gasteiger partial charge in [0.05, 0.1) is 19.8 Å². The number of hydrogen-bond acceptors (Lipinski definition) is 4. The predicted molar refractivity (Wildman–Crippen MR) is 125 cm³/mol. The number of nitrogens with zero attached hydrogens (tertiary/aromatic N) is 2. The van der Waals surface area contributed by atoms with Gasteiger partial charge in [0, 0.05) is 45.3 Å². The van der Waals surface area contributed by atoms with Crippen molar-refractivity contribution in [2.24, 2.45) is 16.8 Å². The zero-order chi connectivity index (χ0) is 18.9. The molecule has 158 valence electrons. The van der Waals surface area contributed by atoms with Crippen LogP contribution in [0.3, 0.4) is 0 Å². The first-order valence-corrected chi connectivity index (χ1v) is 10.2. The minimum absolute atomic E-state index is 0. The van der Waals surface area contributed by atoms with Crippen molar-refractivity contribution in [2.45, 2.75) is 26.3 Å². The fourth-order valence-electron chi connectivity index (χ4n) is 3.24. The summed E-state index contributed by atoms with van der Waals surface area (Å²) in [7, 11) is 1.82. The molecular weight excluding hydrogens is 467 g/mol. The summed E-state index contributed by atoms with van der Waals surface area (Å²) in [5.41, 5.74) is 1.17. The highest BCUT2D eigenvalue weighted by Crippen LogP contribution is 2.30. The van der Waals surface area contributed by atoms with Crippen LogP contribution in [0.4, 0.5) is 0 Å². The average molecular weight is 502 g/mol. The van der Waals surface area contributed by atoms with Crippen LogP contribution in [0.25, 0.3) is 0 Å². The summed E-state index contributed by atoms with van der Waals surface area (Å²) in [6.07, 6.45) is 2.61. The third kappa shape index (κ3) is 8.13. The van der Waals surface area contributed by atoms with Gasteiger partial charge in [-0.2, -0.15) is 0 Å². The van der Waals surface area contributed by atoms with E-state index < -0.39 is 0 Å². The normalized spacial score (nSPS) is 18.9. The summed E-state index contributed by atoms with van der Waals surface area (Å²) in [5, 5.41) is 6.86. The van der Waals surface area contributed by atoms with E-state index in [0.717, 1.165) is 63.6 Å². The Bertz CT molecular complexity index is 604. The lowest BCUT2D eigenvalue weighted by Crippen LogP contribution is -2.43. The maximum absolute atomic E-state index is 5.99. The molecule has 28 heavy (non-hydrogen) atoms. The topological polar surface area (TPSA) is 58.1 Å². The Morgan fingerprint density at radius 1 is 1.25 bits per heavy atom. The van der Waals surface area contributed by atoms with Crippen LogP contribution in [-0.4, -0.2) is 63.9 Å². The molecule has 6 nitrogen and oxygen atoms in total. The summed E-state index contributed by atoms with van der Waals surface area (Å²) < 4.78 is 11.4. The maximum atomic E-state index is 5.99. The third-order valence-corrected chi connectivity index (χ3v) is 5.11. The lowest BCUT2D eigenvalue weighted by molar-refractivity contribution is 0.0320. The second-order valence-electron chi connectivity index (χ2n) is 7.69. The van der Waals surface area contributed by atoms with Crippen molar-refractivity contribution >= 4 is 29.9 Å². The van der Waals surface area contributed by atoms with Gasteiger partial charge >= 0.3 is 0 Å². The summed E-state index contributed by atoms with van der Waals surface area (Å²) >= 11 is 0. The molecule has 1 aromatic carbocycles. The second kappa shape index (κ2) is 12.5. The van der Waals surface area contributed by atoms with Gasteiger partial charge in [0.2, 0.25) is 0 Å². The zero-order valence-corrected chi connectivity index (χ0v) is 19.5. The molecule has 0 aromatic heterocycles. The summed E-state index contributed by atoms with van der Waals surface area (Å²) in [5.74, 6) is 3.12. The van der Waals surface area contributed by atoms with Gasteiger partial charge in [0.25, 0.3) is 0 Å². The molecule has 2 aliphatic rings. The SMILES string of the molecule is CN=C(NCc1ccccc1OCC1CC1)NCC(C)CN1CCOCC1.I. The quantitative estimate of drug-likeness (QED) is 0.309. The Kier molecular flexibility index (Phi) is 10.4. The molecule has 7 heteroatoms. The van der Waals surface area contributed by atoms with Crippen molar-refractivity contribution < 1.29 is 9.47 Å². The standard InChI is InChI=1S/C21H34N4O2.HI/c1-17(15-25-9-11-26-12-10-25)13-23-21(22-2)24-14-19-5-3-4-6-20(19)27-16-18-7-8-18;/h3-6,17-18H,7-16H2,1-2H3,(H2,22,23,24);1H. The monoisotopic (exact) mass is 502 g/mol. The molecular formula is C21H35IN4O2. The van der Waals surface area contributed by atoms with Crippen LogP contribution in [0.2, 0.25) is 0 Å². The Morgan fingerprint density at radius 2 is 2.00 bits per heavy atom. The first-order chi connectivity index (χ1) is 13.2. The van der Waals surface area contributed by atoms with Crippen LogP contribution >= 0.6 is 24.0 Å². The Balaban J connectivity index is 0.00000280. The van der Waals surface area contributed by atoms with Gasteiger partial charge in [0.15, 0.2) is 5.96 Å². The van der Waals surface area contributed by atoms with Gasteiger partial charge in [-0.1, -0.05) is 25.1 Å². The van der Waals surface area contributed by atoms with Crippen LogP contribution in [-0.2, 0) is 11.3 Å². The van der Waals surface area contributed by atoms with E-state index in [2.05, 4.69) is 45.6 Å². The molecule has 1 aliphatic heterocycles. The van der Waals surface area contributed by atoms with Gasteiger partial charge in [-0.05, 0) is 30.7 Å². The first-order valence-electron chi connectivity index (χ1n) is 10.2. The van der Waals surface area contributed by atoms with E-state index in [9.17, 15) is 0 Å². The van der Waals surface area contributed by atoms with E-state index in [1.165, 1.54) is 18.4 Å².